The van der Waals surface area contributed by atoms with Gasteiger partial charge in [-0.25, -0.2) is 8.42 Å². The second-order valence-corrected chi connectivity index (χ2v) is 9.39. The summed E-state index contributed by atoms with van der Waals surface area (Å²) in [7, 11) is -3.41. The minimum atomic E-state index is -3.41. The van der Waals surface area contributed by atoms with Crippen LogP contribution in [0.15, 0.2) is 40.7 Å². The summed E-state index contributed by atoms with van der Waals surface area (Å²) in [6.45, 7) is 3.03. The molecule has 1 saturated heterocycles. The fourth-order valence-corrected chi connectivity index (χ4v) is 5.83. The molecule has 1 amide bonds. The van der Waals surface area contributed by atoms with Crippen molar-refractivity contribution >= 4 is 27.3 Å². The van der Waals surface area contributed by atoms with Crippen molar-refractivity contribution < 1.29 is 13.2 Å². The SMILES string of the molecule is CC(NC(=O)Cc1ccc(S(=O)(=O)N2CCCC2)s1)c1ccccn1. The van der Waals surface area contributed by atoms with Crippen molar-refractivity contribution in [3.63, 3.8) is 0 Å². The summed E-state index contributed by atoms with van der Waals surface area (Å²) in [5, 5.41) is 2.89. The number of carbonyl (C=O) groups is 1. The molecule has 25 heavy (non-hydrogen) atoms. The maximum atomic E-state index is 12.5. The third-order valence-electron chi connectivity index (χ3n) is 4.14. The number of pyridine rings is 1. The molecule has 0 aliphatic carbocycles. The first-order valence-corrected chi connectivity index (χ1v) is 10.5. The molecule has 1 fully saturated rings. The summed E-state index contributed by atoms with van der Waals surface area (Å²) in [4.78, 5) is 17.2. The van der Waals surface area contributed by atoms with Gasteiger partial charge in [-0.2, -0.15) is 4.31 Å². The van der Waals surface area contributed by atoms with Crippen molar-refractivity contribution in [2.45, 2.75) is 36.4 Å². The number of hydrogen-bond donors (Lipinski definition) is 1. The molecular formula is C17H21N3O3S2. The van der Waals surface area contributed by atoms with Crippen LogP contribution in [0.3, 0.4) is 0 Å². The van der Waals surface area contributed by atoms with Crippen LogP contribution in [0.1, 0.15) is 36.4 Å². The molecule has 0 spiro atoms. The van der Waals surface area contributed by atoms with Crippen molar-refractivity contribution in [1.29, 1.82) is 0 Å². The highest BCUT2D eigenvalue weighted by Gasteiger charge is 2.28. The molecular weight excluding hydrogens is 358 g/mol. The summed E-state index contributed by atoms with van der Waals surface area (Å²) in [6.07, 6.45) is 3.67. The van der Waals surface area contributed by atoms with Crippen LogP contribution in [0.25, 0.3) is 0 Å². The van der Waals surface area contributed by atoms with E-state index in [0.29, 0.717) is 17.3 Å². The molecule has 0 bridgehead atoms. The molecule has 1 aliphatic rings. The Labute approximate surface area is 151 Å². The normalized spacial score (nSPS) is 16.7. The average molecular weight is 380 g/mol. The van der Waals surface area contributed by atoms with Crippen LogP contribution in [0.5, 0.6) is 0 Å². The quantitative estimate of drug-likeness (QED) is 0.835. The van der Waals surface area contributed by atoms with E-state index in [-0.39, 0.29) is 18.4 Å². The van der Waals surface area contributed by atoms with Crippen molar-refractivity contribution in [3.05, 3.63) is 47.1 Å². The molecule has 6 nitrogen and oxygen atoms in total. The largest absolute Gasteiger partial charge is 0.348 e. The lowest BCUT2D eigenvalue weighted by atomic mass is 10.2. The molecule has 2 aromatic heterocycles. The molecule has 8 heteroatoms. The van der Waals surface area contributed by atoms with E-state index in [0.717, 1.165) is 23.4 Å². The highest BCUT2D eigenvalue weighted by atomic mass is 32.2. The van der Waals surface area contributed by atoms with Gasteiger partial charge in [0.05, 0.1) is 18.2 Å². The van der Waals surface area contributed by atoms with Gasteiger partial charge in [-0.15, -0.1) is 11.3 Å². The first-order chi connectivity index (χ1) is 12.0. The first-order valence-electron chi connectivity index (χ1n) is 8.26. The van der Waals surface area contributed by atoms with E-state index < -0.39 is 10.0 Å². The fourth-order valence-electron chi connectivity index (χ4n) is 2.80. The van der Waals surface area contributed by atoms with Crippen LogP contribution in [0.4, 0.5) is 0 Å². The summed E-state index contributed by atoms with van der Waals surface area (Å²) >= 11 is 1.17. The molecule has 1 atom stereocenters. The van der Waals surface area contributed by atoms with Gasteiger partial charge in [-0.3, -0.25) is 9.78 Å². The molecule has 1 aliphatic heterocycles. The van der Waals surface area contributed by atoms with E-state index in [1.807, 2.05) is 25.1 Å². The summed E-state index contributed by atoms with van der Waals surface area (Å²) in [5.41, 5.74) is 0.791. The van der Waals surface area contributed by atoms with Crippen molar-refractivity contribution in [3.8, 4) is 0 Å². The standard InChI is InChI=1S/C17H21N3O3S2/c1-13(15-6-2-3-9-18-15)19-16(21)12-14-7-8-17(24-14)25(22,23)20-10-4-5-11-20/h2-3,6-9,13H,4-5,10-12H2,1H3,(H,19,21). The highest BCUT2D eigenvalue weighted by molar-refractivity contribution is 7.91. The van der Waals surface area contributed by atoms with Gasteiger partial charge in [0.15, 0.2) is 0 Å². The lowest BCUT2D eigenvalue weighted by Crippen LogP contribution is -2.28. The zero-order chi connectivity index (χ0) is 17.9. The smallest absolute Gasteiger partial charge is 0.252 e. The Balaban J connectivity index is 1.62. The molecule has 2 aromatic rings. The Morgan fingerprint density at radius 3 is 2.72 bits per heavy atom. The van der Waals surface area contributed by atoms with Gasteiger partial charge in [0.25, 0.3) is 10.0 Å². The van der Waals surface area contributed by atoms with Crippen LogP contribution in [-0.4, -0.2) is 36.7 Å². The molecule has 1 unspecified atom stereocenters. The highest BCUT2D eigenvalue weighted by Crippen LogP contribution is 2.27. The number of thiophene rings is 1. The molecule has 0 saturated carbocycles. The zero-order valence-electron chi connectivity index (χ0n) is 14.0. The summed E-state index contributed by atoms with van der Waals surface area (Å²) in [5.74, 6) is -0.148. The van der Waals surface area contributed by atoms with Gasteiger partial charge in [-0.1, -0.05) is 6.07 Å². The Hall–Kier alpha value is -1.77. The lowest BCUT2D eigenvalue weighted by Gasteiger charge is -2.13. The molecule has 134 valence electrons. The monoisotopic (exact) mass is 379 g/mol. The number of aromatic nitrogens is 1. The first kappa shape index (κ1) is 18.0. The number of amides is 1. The lowest BCUT2D eigenvalue weighted by molar-refractivity contribution is -0.121. The van der Waals surface area contributed by atoms with Crippen LogP contribution < -0.4 is 5.32 Å². The van der Waals surface area contributed by atoms with Crippen LogP contribution in [0.2, 0.25) is 0 Å². The Morgan fingerprint density at radius 1 is 1.28 bits per heavy atom. The minimum absolute atomic E-state index is 0.148. The number of rotatable bonds is 6. The molecule has 0 aromatic carbocycles. The van der Waals surface area contributed by atoms with Crippen molar-refractivity contribution in [2.75, 3.05) is 13.1 Å². The number of nitrogens with one attached hydrogen (secondary N) is 1. The van der Waals surface area contributed by atoms with Crippen LogP contribution in [-0.2, 0) is 21.2 Å². The second kappa shape index (κ2) is 7.63. The molecule has 3 rings (SSSR count). The predicted molar refractivity (Wildman–Crippen MR) is 96.8 cm³/mol. The number of nitrogens with zero attached hydrogens (tertiary/aromatic N) is 2. The van der Waals surface area contributed by atoms with Crippen molar-refractivity contribution in [2.24, 2.45) is 0 Å². The molecule has 1 N–H and O–H groups in total. The van der Waals surface area contributed by atoms with Crippen LogP contribution >= 0.6 is 11.3 Å². The van der Waals surface area contributed by atoms with E-state index >= 15 is 0 Å². The van der Waals surface area contributed by atoms with Gasteiger partial charge >= 0.3 is 0 Å². The van der Waals surface area contributed by atoms with E-state index in [1.165, 1.54) is 15.6 Å². The van der Waals surface area contributed by atoms with Crippen LogP contribution in [0, 0.1) is 0 Å². The Bertz CT molecular complexity index is 828. The maximum Gasteiger partial charge on any atom is 0.252 e. The van der Waals surface area contributed by atoms with Gasteiger partial charge in [0.2, 0.25) is 5.91 Å². The third kappa shape index (κ3) is 4.26. The average Bonchev–Trinajstić information content (AvgIpc) is 3.27. The number of carbonyl (C=O) groups excluding carboxylic acids is 1. The summed E-state index contributed by atoms with van der Waals surface area (Å²) in [6, 6.07) is 8.69. The van der Waals surface area contributed by atoms with E-state index in [2.05, 4.69) is 10.3 Å². The third-order valence-corrected chi connectivity index (χ3v) is 7.59. The van der Waals surface area contributed by atoms with Gasteiger partial charge in [0, 0.05) is 24.2 Å². The minimum Gasteiger partial charge on any atom is -0.348 e. The molecule has 3 heterocycles. The Morgan fingerprint density at radius 2 is 2.04 bits per heavy atom. The van der Waals surface area contributed by atoms with E-state index in [1.54, 1.807) is 18.3 Å². The van der Waals surface area contributed by atoms with Gasteiger partial charge in [0.1, 0.15) is 4.21 Å². The van der Waals surface area contributed by atoms with Gasteiger partial charge in [-0.05, 0) is 44.0 Å². The zero-order valence-corrected chi connectivity index (χ0v) is 15.6. The summed E-state index contributed by atoms with van der Waals surface area (Å²) < 4.78 is 26.9. The van der Waals surface area contributed by atoms with E-state index in [4.69, 9.17) is 0 Å². The topological polar surface area (TPSA) is 79.4 Å². The number of hydrogen-bond acceptors (Lipinski definition) is 5. The second-order valence-electron chi connectivity index (χ2n) is 6.05. The van der Waals surface area contributed by atoms with E-state index in [9.17, 15) is 13.2 Å². The fraction of sp³-hybridized carbons (Fsp3) is 0.412. The Kier molecular flexibility index (Phi) is 5.51. The van der Waals surface area contributed by atoms with Crippen molar-refractivity contribution in [1.82, 2.24) is 14.6 Å². The number of sulfonamides is 1. The van der Waals surface area contributed by atoms with Gasteiger partial charge < -0.3 is 5.32 Å². The molecule has 0 radical (unpaired) electrons. The predicted octanol–water partition coefficient (Wildman–Crippen LogP) is 2.35. The maximum absolute atomic E-state index is 12.5.